The van der Waals surface area contributed by atoms with E-state index in [9.17, 15) is 8.78 Å². The summed E-state index contributed by atoms with van der Waals surface area (Å²) < 4.78 is 24.9. The lowest BCUT2D eigenvalue weighted by Gasteiger charge is -2.07. The van der Waals surface area contributed by atoms with Gasteiger partial charge in [-0.3, -0.25) is 0 Å². The third-order valence-electron chi connectivity index (χ3n) is 2.30. The molecule has 0 saturated heterocycles. The molecule has 0 aromatic carbocycles. The minimum atomic E-state index is -2.40. The normalized spacial score (nSPS) is 36.0. The first kappa shape index (κ1) is 7.92. The molecule has 0 radical (unpaired) electrons. The maximum atomic E-state index is 12.5. The third-order valence-corrected chi connectivity index (χ3v) is 2.30. The molecule has 1 fully saturated rings. The molecular weight excluding hydrogens is 136 g/mol. The van der Waals surface area contributed by atoms with Gasteiger partial charge in [0.2, 0.25) is 0 Å². The third kappa shape index (κ3) is 1.15. The molecule has 1 aliphatic carbocycles. The molecule has 1 unspecified atom stereocenters. The van der Waals surface area contributed by atoms with Crippen LogP contribution < -0.4 is 5.73 Å². The molecule has 10 heavy (non-hydrogen) atoms. The Hall–Kier alpha value is -0.180. The molecule has 3 heteroatoms. The lowest BCUT2D eigenvalue weighted by molar-refractivity contribution is 0.0664. The van der Waals surface area contributed by atoms with Gasteiger partial charge in [-0.05, 0) is 19.4 Å². The van der Waals surface area contributed by atoms with Crippen LogP contribution in [0.25, 0.3) is 0 Å². The van der Waals surface area contributed by atoms with Gasteiger partial charge in [-0.1, -0.05) is 6.92 Å². The van der Waals surface area contributed by atoms with Gasteiger partial charge in [0.1, 0.15) is 0 Å². The average molecular weight is 149 g/mol. The highest BCUT2D eigenvalue weighted by Crippen LogP contribution is 2.62. The van der Waals surface area contributed by atoms with Crippen LogP contribution in [0.15, 0.2) is 0 Å². The summed E-state index contributed by atoms with van der Waals surface area (Å²) in [5.74, 6) is -2.40. The Morgan fingerprint density at radius 2 is 2.00 bits per heavy atom. The van der Waals surface area contributed by atoms with Crippen molar-refractivity contribution in [2.24, 2.45) is 11.1 Å². The van der Waals surface area contributed by atoms with Crippen molar-refractivity contribution in [3.05, 3.63) is 0 Å². The molecule has 0 aromatic heterocycles. The molecule has 0 spiro atoms. The van der Waals surface area contributed by atoms with E-state index in [4.69, 9.17) is 5.73 Å². The van der Waals surface area contributed by atoms with Crippen LogP contribution in [0.3, 0.4) is 0 Å². The van der Waals surface area contributed by atoms with E-state index < -0.39 is 11.3 Å². The molecule has 0 aromatic rings. The predicted molar refractivity (Wildman–Crippen MR) is 36.0 cm³/mol. The van der Waals surface area contributed by atoms with Gasteiger partial charge in [0.05, 0.1) is 0 Å². The van der Waals surface area contributed by atoms with E-state index in [2.05, 4.69) is 0 Å². The van der Waals surface area contributed by atoms with Gasteiger partial charge in [-0.15, -0.1) is 0 Å². The van der Waals surface area contributed by atoms with Crippen LogP contribution in [0.1, 0.15) is 26.2 Å². The number of nitrogens with two attached hydrogens (primary N) is 1. The first-order chi connectivity index (χ1) is 4.52. The predicted octanol–water partition coefficient (Wildman–Crippen LogP) is 1.77. The molecule has 1 aliphatic rings. The number of halogens is 2. The minimum Gasteiger partial charge on any atom is -0.330 e. The van der Waals surface area contributed by atoms with Crippen LogP contribution in [0.4, 0.5) is 8.78 Å². The molecule has 0 aliphatic heterocycles. The van der Waals surface area contributed by atoms with Crippen molar-refractivity contribution >= 4 is 0 Å². The van der Waals surface area contributed by atoms with E-state index >= 15 is 0 Å². The summed E-state index contributed by atoms with van der Waals surface area (Å²) in [4.78, 5) is 0. The summed E-state index contributed by atoms with van der Waals surface area (Å²) in [5, 5.41) is 0. The summed E-state index contributed by atoms with van der Waals surface area (Å²) in [5.41, 5.74) is 4.49. The van der Waals surface area contributed by atoms with E-state index in [1.807, 2.05) is 0 Å². The fourth-order valence-electron chi connectivity index (χ4n) is 1.21. The van der Waals surface area contributed by atoms with Crippen molar-refractivity contribution < 1.29 is 8.78 Å². The van der Waals surface area contributed by atoms with Gasteiger partial charge in [-0.2, -0.15) is 0 Å². The van der Waals surface area contributed by atoms with Gasteiger partial charge >= 0.3 is 0 Å². The van der Waals surface area contributed by atoms with Crippen molar-refractivity contribution in [1.82, 2.24) is 0 Å². The second-order valence-electron chi connectivity index (χ2n) is 3.33. The molecule has 1 atom stereocenters. The highest BCUT2D eigenvalue weighted by Gasteiger charge is 2.66. The molecule has 2 N–H and O–H groups in total. The van der Waals surface area contributed by atoms with Crippen molar-refractivity contribution in [1.29, 1.82) is 0 Å². The van der Waals surface area contributed by atoms with Crippen molar-refractivity contribution in [3.63, 3.8) is 0 Å². The zero-order valence-corrected chi connectivity index (χ0v) is 6.16. The zero-order chi connectivity index (χ0) is 7.83. The van der Waals surface area contributed by atoms with Gasteiger partial charge in [-0.25, -0.2) is 8.78 Å². The maximum absolute atomic E-state index is 12.5. The fourth-order valence-corrected chi connectivity index (χ4v) is 1.21. The molecule has 1 saturated carbocycles. The minimum absolute atomic E-state index is 0.0556. The van der Waals surface area contributed by atoms with E-state index in [0.29, 0.717) is 19.4 Å². The maximum Gasteiger partial charge on any atom is 0.254 e. The smallest absolute Gasteiger partial charge is 0.254 e. The van der Waals surface area contributed by atoms with Gasteiger partial charge < -0.3 is 5.73 Å². The van der Waals surface area contributed by atoms with Crippen LogP contribution in [0.5, 0.6) is 0 Å². The number of alkyl halides is 2. The first-order valence-corrected chi connectivity index (χ1v) is 3.60. The first-order valence-electron chi connectivity index (χ1n) is 3.60. The molecule has 0 heterocycles. The Kier molecular flexibility index (Phi) is 1.71. The van der Waals surface area contributed by atoms with Crippen LogP contribution in [0.2, 0.25) is 0 Å². The van der Waals surface area contributed by atoms with E-state index in [1.165, 1.54) is 0 Å². The molecule has 0 bridgehead atoms. The summed E-state index contributed by atoms with van der Waals surface area (Å²) in [6, 6.07) is 0. The second-order valence-corrected chi connectivity index (χ2v) is 3.33. The van der Waals surface area contributed by atoms with Gasteiger partial charge in [0, 0.05) is 11.8 Å². The average Bonchev–Trinajstić information content (AvgIpc) is 2.29. The quantitative estimate of drug-likeness (QED) is 0.650. The number of hydrogen-bond acceptors (Lipinski definition) is 1. The monoisotopic (exact) mass is 149 g/mol. The molecule has 1 nitrogen and oxygen atoms in total. The van der Waals surface area contributed by atoms with Crippen molar-refractivity contribution in [2.75, 3.05) is 6.54 Å². The van der Waals surface area contributed by atoms with Gasteiger partial charge in [0.15, 0.2) is 0 Å². The zero-order valence-electron chi connectivity index (χ0n) is 6.16. The van der Waals surface area contributed by atoms with Crippen LogP contribution >= 0.6 is 0 Å². The Balaban J connectivity index is 2.30. The summed E-state index contributed by atoms with van der Waals surface area (Å²) >= 11 is 0. The van der Waals surface area contributed by atoms with Crippen LogP contribution in [-0.4, -0.2) is 12.5 Å². The largest absolute Gasteiger partial charge is 0.330 e. The van der Waals surface area contributed by atoms with Crippen molar-refractivity contribution in [2.45, 2.75) is 32.1 Å². The molecule has 60 valence electrons. The Labute approximate surface area is 59.6 Å². The summed E-state index contributed by atoms with van der Waals surface area (Å²) in [7, 11) is 0. The Morgan fingerprint density at radius 1 is 1.50 bits per heavy atom. The SMILES string of the molecule is CC1(CCCN)CC1(F)F. The lowest BCUT2D eigenvalue weighted by atomic mass is 10.0. The Morgan fingerprint density at radius 3 is 2.30 bits per heavy atom. The summed E-state index contributed by atoms with van der Waals surface area (Å²) in [6.45, 7) is 2.15. The summed E-state index contributed by atoms with van der Waals surface area (Å²) in [6.07, 6.45) is 1.34. The number of hydrogen-bond donors (Lipinski definition) is 1. The highest BCUT2D eigenvalue weighted by molar-refractivity contribution is 5.06. The van der Waals surface area contributed by atoms with E-state index in [0.717, 1.165) is 0 Å². The topological polar surface area (TPSA) is 26.0 Å². The van der Waals surface area contributed by atoms with E-state index in [-0.39, 0.29) is 6.42 Å². The fraction of sp³-hybridized carbons (Fsp3) is 1.00. The van der Waals surface area contributed by atoms with Crippen LogP contribution in [-0.2, 0) is 0 Å². The second kappa shape index (κ2) is 2.16. The molecular formula is C7H13F2N. The van der Waals surface area contributed by atoms with Gasteiger partial charge in [0.25, 0.3) is 5.92 Å². The Bertz CT molecular complexity index is 136. The lowest BCUT2D eigenvalue weighted by Crippen LogP contribution is -2.09. The molecule has 0 amide bonds. The van der Waals surface area contributed by atoms with E-state index in [1.54, 1.807) is 6.92 Å². The number of rotatable bonds is 3. The molecule has 1 rings (SSSR count). The van der Waals surface area contributed by atoms with Crippen LogP contribution in [0, 0.1) is 5.41 Å². The van der Waals surface area contributed by atoms with Crippen molar-refractivity contribution in [3.8, 4) is 0 Å². The standard InChI is InChI=1S/C7H13F2N/c1-6(3-2-4-10)5-7(6,8)9/h2-5,10H2,1H3. The highest BCUT2D eigenvalue weighted by atomic mass is 19.3.